The molecule has 0 atom stereocenters. The van der Waals surface area contributed by atoms with Crippen LogP contribution in [0.4, 0.5) is 4.39 Å². The summed E-state index contributed by atoms with van der Waals surface area (Å²) in [6.45, 7) is 9.01. The van der Waals surface area contributed by atoms with Gasteiger partial charge in [-0.15, -0.1) is 12.4 Å². The lowest BCUT2D eigenvalue weighted by molar-refractivity contribution is 0.308. The number of halogens is 2. The summed E-state index contributed by atoms with van der Waals surface area (Å²) >= 11 is 0. The second-order valence-electron chi connectivity index (χ2n) is 7.02. The minimum absolute atomic E-state index is 0. The van der Waals surface area contributed by atoms with Crippen LogP contribution in [0.3, 0.4) is 0 Å². The third kappa shape index (κ3) is 3.85. The van der Waals surface area contributed by atoms with Crippen LogP contribution in [-0.2, 0) is 13.2 Å². The molecule has 29 heavy (non-hydrogen) atoms. The molecule has 0 saturated heterocycles. The first kappa shape index (κ1) is 20.9. The number of benzene rings is 1. The Hall–Kier alpha value is -2.86. The predicted molar refractivity (Wildman–Crippen MR) is 112 cm³/mol. The van der Waals surface area contributed by atoms with Crippen LogP contribution in [0.25, 0.3) is 11.0 Å². The van der Waals surface area contributed by atoms with Crippen LogP contribution in [0.2, 0.25) is 0 Å². The molecule has 152 valence electrons. The van der Waals surface area contributed by atoms with Gasteiger partial charge in [0.15, 0.2) is 0 Å². The first-order valence-corrected chi connectivity index (χ1v) is 9.19. The monoisotopic (exact) mass is 415 g/mol. The smallest absolute Gasteiger partial charge is 0.147 e. The molecule has 0 N–H and O–H groups in total. The number of nitrogens with zero attached hydrogens (tertiary/aromatic N) is 3. The number of aryl methyl sites for hydroxylation is 3. The van der Waals surface area contributed by atoms with Gasteiger partial charge in [-0.2, -0.15) is 0 Å². The summed E-state index contributed by atoms with van der Waals surface area (Å²) in [6.07, 6.45) is 1.76. The maximum absolute atomic E-state index is 13.1. The molecule has 0 amide bonds. The Labute approximate surface area is 174 Å². The zero-order chi connectivity index (χ0) is 19.8. The largest absolute Gasteiger partial charge is 0.487 e. The van der Waals surface area contributed by atoms with E-state index in [1.54, 1.807) is 18.3 Å². The quantitative estimate of drug-likeness (QED) is 0.435. The highest BCUT2D eigenvalue weighted by molar-refractivity contribution is 5.86. The molecule has 5 nitrogen and oxygen atoms in total. The Morgan fingerprint density at radius 2 is 1.79 bits per heavy atom. The second-order valence-corrected chi connectivity index (χ2v) is 7.02. The van der Waals surface area contributed by atoms with E-state index in [9.17, 15) is 4.39 Å². The van der Waals surface area contributed by atoms with Gasteiger partial charge in [0.2, 0.25) is 0 Å². The van der Waals surface area contributed by atoms with Crippen molar-refractivity contribution in [2.24, 2.45) is 0 Å². The van der Waals surface area contributed by atoms with Crippen molar-refractivity contribution in [1.82, 2.24) is 14.7 Å². The number of aromatic nitrogens is 3. The first-order valence-electron chi connectivity index (χ1n) is 9.19. The normalized spacial score (nSPS) is 10.9. The molecule has 0 fully saturated rings. The lowest BCUT2D eigenvalue weighted by Gasteiger charge is -2.12. The average molecular weight is 416 g/mol. The summed E-state index contributed by atoms with van der Waals surface area (Å²) in [7, 11) is 0. The SMILES string of the molecule is Cc1noc(C)c1Cn1c(C)c(C)c2nccc(OCc3ccc(F)cc3)c21.Cl. The van der Waals surface area contributed by atoms with Crippen LogP contribution in [0.15, 0.2) is 41.1 Å². The van der Waals surface area contributed by atoms with Crippen LogP contribution >= 0.6 is 12.4 Å². The molecular formula is C22H23ClFN3O2. The van der Waals surface area contributed by atoms with Crippen molar-refractivity contribution in [3.63, 3.8) is 0 Å². The van der Waals surface area contributed by atoms with Gasteiger partial charge in [0.05, 0.1) is 17.8 Å². The van der Waals surface area contributed by atoms with E-state index in [0.29, 0.717) is 13.2 Å². The Kier molecular flexibility index (Phi) is 5.94. The Morgan fingerprint density at radius 3 is 2.45 bits per heavy atom. The first-order chi connectivity index (χ1) is 13.5. The minimum Gasteiger partial charge on any atom is -0.487 e. The number of rotatable bonds is 5. The third-order valence-electron chi connectivity index (χ3n) is 5.26. The highest BCUT2D eigenvalue weighted by atomic mass is 35.5. The topological polar surface area (TPSA) is 53.1 Å². The lowest BCUT2D eigenvalue weighted by Crippen LogP contribution is -2.05. The van der Waals surface area contributed by atoms with E-state index >= 15 is 0 Å². The van der Waals surface area contributed by atoms with Gasteiger partial charge in [-0.05, 0) is 51.0 Å². The van der Waals surface area contributed by atoms with Crippen LogP contribution in [0.5, 0.6) is 5.75 Å². The second kappa shape index (κ2) is 8.25. The molecule has 3 aromatic heterocycles. The Bertz CT molecular complexity index is 1130. The van der Waals surface area contributed by atoms with Gasteiger partial charge < -0.3 is 13.8 Å². The fourth-order valence-corrected chi connectivity index (χ4v) is 3.45. The highest BCUT2D eigenvalue weighted by Gasteiger charge is 2.19. The molecular weight excluding hydrogens is 393 g/mol. The summed E-state index contributed by atoms with van der Waals surface area (Å²) in [4.78, 5) is 4.57. The summed E-state index contributed by atoms with van der Waals surface area (Å²) in [5, 5.41) is 4.07. The van der Waals surface area contributed by atoms with E-state index in [-0.39, 0.29) is 18.2 Å². The van der Waals surface area contributed by atoms with Gasteiger partial charge in [0.25, 0.3) is 0 Å². The van der Waals surface area contributed by atoms with Gasteiger partial charge in [0, 0.05) is 23.5 Å². The summed E-state index contributed by atoms with van der Waals surface area (Å²) in [5.74, 6) is 1.31. The molecule has 4 aromatic rings. The summed E-state index contributed by atoms with van der Waals surface area (Å²) < 4.78 is 26.8. The lowest BCUT2D eigenvalue weighted by atomic mass is 10.2. The maximum Gasteiger partial charge on any atom is 0.147 e. The maximum atomic E-state index is 13.1. The molecule has 1 aromatic carbocycles. The number of ether oxygens (including phenoxy) is 1. The zero-order valence-corrected chi connectivity index (χ0v) is 17.6. The molecule has 0 spiro atoms. The molecule has 4 rings (SSSR count). The average Bonchev–Trinajstić information content (AvgIpc) is 3.14. The molecule has 0 aliphatic heterocycles. The number of pyridine rings is 1. The van der Waals surface area contributed by atoms with Gasteiger partial charge in [0.1, 0.15) is 29.5 Å². The Balaban J connectivity index is 0.00000240. The number of hydrogen-bond donors (Lipinski definition) is 0. The van der Waals surface area contributed by atoms with Crippen molar-refractivity contribution in [2.75, 3.05) is 0 Å². The van der Waals surface area contributed by atoms with Crippen LogP contribution in [0.1, 0.15) is 33.8 Å². The zero-order valence-electron chi connectivity index (χ0n) is 16.8. The van der Waals surface area contributed by atoms with Crippen molar-refractivity contribution in [3.8, 4) is 5.75 Å². The van der Waals surface area contributed by atoms with Crippen molar-refractivity contribution in [1.29, 1.82) is 0 Å². The van der Waals surface area contributed by atoms with E-state index < -0.39 is 0 Å². The Morgan fingerprint density at radius 1 is 1.07 bits per heavy atom. The van der Waals surface area contributed by atoms with E-state index in [4.69, 9.17) is 9.26 Å². The van der Waals surface area contributed by atoms with Gasteiger partial charge in [-0.1, -0.05) is 17.3 Å². The molecule has 7 heteroatoms. The van der Waals surface area contributed by atoms with Crippen molar-refractivity contribution in [3.05, 3.63) is 76.2 Å². The minimum atomic E-state index is -0.255. The molecule has 0 bridgehead atoms. The predicted octanol–water partition coefficient (Wildman–Crippen LogP) is 5.45. The van der Waals surface area contributed by atoms with E-state index in [1.165, 1.54) is 12.1 Å². The van der Waals surface area contributed by atoms with Crippen molar-refractivity contribution < 1.29 is 13.7 Å². The summed E-state index contributed by atoms with van der Waals surface area (Å²) in [6, 6.07) is 8.21. The van der Waals surface area contributed by atoms with Crippen LogP contribution in [-0.4, -0.2) is 14.7 Å². The van der Waals surface area contributed by atoms with E-state index in [0.717, 1.165) is 50.6 Å². The van der Waals surface area contributed by atoms with Crippen molar-refractivity contribution >= 4 is 23.4 Å². The fraction of sp³-hybridized carbons (Fsp3) is 0.273. The highest BCUT2D eigenvalue weighted by Crippen LogP contribution is 2.32. The van der Waals surface area contributed by atoms with E-state index in [1.807, 2.05) is 19.9 Å². The van der Waals surface area contributed by atoms with Gasteiger partial charge in [-0.3, -0.25) is 4.98 Å². The van der Waals surface area contributed by atoms with Gasteiger partial charge in [-0.25, -0.2) is 4.39 Å². The van der Waals surface area contributed by atoms with Crippen molar-refractivity contribution in [2.45, 2.75) is 40.8 Å². The molecule has 0 radical (unpaired) electrons. The van der Waals surface area contributed by atoms with Crippen LogP contribution < -0.4 is 4.74 Å². The number of fused-ring (bicyclic) bond motifs is 1. The van der Waals surface area contributed by atoms with Crippen LogP contribution in [0, 0.1) is 33.5 Å². The standard InChI is InChI=1S/C22H22FN3O2.ClH/c1-13-15(3)26(11-19-14(2)25-28-16(19)4)22-20(9-10-24-21(13)22)27-12-17-5-7-18(23)8-6-17;/h5-10H,11-12H2,1-4H3;1H. The number of hydrogen-bond acceptors (Lipinski definition) is 4. The van der Waals surface area contributed by atoms with Gasteiger partial charge >= 0.3 is 0 Å². The molecule has 3 heterocycles. The molecule has 0 aliphatic carbocycles. The van der Waals surface area contributed by atoms with E-state index in [2.05, 4.69) is 28.6 Å². The third-order valence-corrected chi connectivity index (χ3v) is 5.26. The molecule has 0 aliphatic rings. The fourth-order valence-electron chi connectivity index (χ4n) is 3.45. The molecule has 0 saturated carbocycles. The summed E-state index contributed by atoms with van der Waals surface area (Å²) in [5.41, 5.74) is 6.96. The molecule has 0 unspecified atom stereocenters.